The van der Waals surface area contributed by atoms with Crippen LogP contribution in [0.5, 0.6) is 0 Å². The molecule has 0 aliphatic rings. The first-order valence-corrected chi connectivity index (χ1v) is 5.14. The van der Waals surface area contributed by atoms with Crippen LogP contribution in [0.15, 0.2) is 30.5 Å². The second-order valence-electron chi connectivity index (χ2n) is 3.57. The zero-order chi connectivity index (χ0) is 14.1. The maximum Gasteiger partial charge on any atom is 0.417 e. The van der Waals surface area contributed by atoms with E-state index in [4.69, 9.17) is 17.4 Å². The van der Waals surface area contributed by atoms with Crippen molar-refractivity contribution < 1.29 is 18.0 Å². The molecule has 0 saturated carbocycles. The van der Waals surface area contributed by atoms with E-state index in [-0.39, 0.29) is 10.7 Å². The third kappa shape index (κ3) is 2.83. The van der Waals surface area contributed by atoms with Crippen molar-refractivity contribution in [3.05, 3.63) is 46.6 Å². The minimum atomic E-state index is -4.69. The summed E-state index contributed by atoms with van der Waals surface area (Å²) < 4.78 is 38.3. The molecule has 3 nitrogen and oxygen atoms in total. The molecule has 0 unspecified atom stereocenters. The average molecular weight is 279 g/mol. The van der Waals surface area contributed by atoms with Crippen LogP contribution in [-0.2, 0) is 6.18 Å². The van der Waals surface area contributed by atoms with Crippen LogP contribution >= 0.6 is 11.6 Å². The standard InChI is InChI=1S/C11H10ClF3N2O/c1-6(2)17(16)10(18)9-7(11(13,14)15)4-3-5-8(9)12/h3-5H,1,16H2,2H3. The van der Waals surface area contributed by atoms with Crippen LogP contribution in [0.2, 0.25) is 5.02 Å². The Morgan fingerprint density at radius 2 is 2.00 bits per heavy atom. The monoisotopic (exact) mass is 278 g/mol. The van der Waals surface area contributed by atoms with Crippen molar-refractivity contribution in [2.24, 2.45) is 5.84 Å². The van der Waals surface area contributed by atoms with Crippen molar-refractivity contribution >= 4 is 17.5 Å². The number of hydrogen-bond acceptors (Lipinski definition) is 2. The highest BCUT2D eigenvalue weighted by atomic mass is 35.5. The number of carbonyl (C=O) groups is 1. The van der Waals surface area contributed by atoms with E-state index in [1.54, 1.807) is 0 Å². The van der Waals surface area contributed by atoms with Gasteiger partial charge in [-0.25, -0.2) is 10.9 Å². The Bertz CT molecular complexity index is 500. The van der Waals surface area contributed by atoms with E-state index >= 15 is 0 Å². The molecule has 98 valence electrons. The summed E-state index contributed by atoms with van der Waals surface area (Å²) in [6, 6.07) is 3.07. The minimum absolute atomic E-state index is 0.105. The first-order valence-electron chi connectivity index (χ1n) is 4.76. The summed E-state index contributed by atoms with van der Waals surface area (Å²) in [7, 11) is 0. The fourth-order valence-electron chi connectivity index (χ4n) is 1.27. The molecular weight excluding hydrogens is 269 g/mol. The predicted octanol–water partition coefficient (Wildman–Crippen LogP) is 3.21. The van der Waals surface area contributed by atoms with Gasteiger partial charge in [0.05, 0.1) is 16.1 Å². The molecule has 0 fully saturated rings. The van der Waals surface area contributed by atoms with E-state index in [9.17, 15) is 18.0 Å². The minimum Gasteiger partial charge on any atom is -0.267 e. The van der Waals surface area contributed by atoms with Crippen molar-refractivity contribution in [1.29, 1.82) is 0 Å². The van der Waals surface area contributed by atoms with Crippen molar-refractivity contribution in [3.63, 3.8) is 0 Å². The molecule has 1 rings (SSSR count). The number of nitrogens with two attached hydrogens (primary N) is 1. The Kier molecular flexibility index (Phi) is 4.03. The van der Waals surface area contributed by atoms with Gasteiger partial charge in [-0.1, -0.05) is 24.2 Å². The van der Waals surface area contributed by atoms with Crippen LogP contribution in [0.4, 0.5) is 13.2 Å². The highest BCUT2D eigenvalue weighted by Gasteiger charge is 2.37. The summed E-state index contributed by atoms with van der Waals surface area (Å²) in [4.78, 5) is 11.8. The van der Waals surface area contributed by atoms with E-state index < -0.39 is 23.2 Å². The highest BCUT2D eigenvalue weighted by molar-refractivity contribution is 6.34. The van der Waals surface area contributed by atoms with Gasteiger partial charge < -0.3 is 0 Å². The van der Waals surface area contributed by atoms with E-state index in [1.165, 1.54) is 13.0 Å². The molecule has 0 saturated heterocycles. The lowest BCUT2D eigenvalue weighted by atomic mass is 10.1. The van der Waals surface area contributed by atoms with Crippen LogP contribution in [0.3, 0.4) is 0 Å². The molecule has 1 aromatic carbocycles. The summed E-state index contributed by atoms with van der Waals surface area (Å²) in [6.07, 6.45) is -4.69. The Labute approximate surface area is 107 Å². The van der Waals surface area contributed by atoms with Gasteiger partial charge >= 0.3 is 6.18 Å². The van der Waals surface area contributed by atoms with Gasteiger partial charge in [0.25, 0.3) is 5.91 Å². The predicted molar refractivity (Wildman–Crippen MR) is 61.6 cm³/mol. The van der Waals surface area contributed by atoms with Crippen molar-refractivity contribution in [2.75, 3.05) is 0 Å². The molecule has 0 aromatic heterocycles. The molecule has 0 aliphatic carbocycles. The summed E-state index contributed by atoms with van der Waals surface area (Å²) in [5.41, 5.74) is -1.71. The van der Waals surface area contributed by atoms with Gasteiger partial charge in [0, 0.05) is 5.70 Å². The second-order valence-corrected chi connectivity index (χ2v) is 3.98. The smallest absolute Gasteiger partial charge is 0.267 e. The molecule has 1 aromatic rings. The first kappa shape index (κ1) is 14.5. The number of hydrogen-bond donors (Lipinski definition) is 1. The molecule has 7 heteroatoms. The largest absolute Gasteiger partial charge is 0.417 e. The lowest BCUT2D eigenvalue weighted by molar-refractivity contribution is -0.138. The van der Waals surface area contributed by atoms with Crippen LogP contribution in [0, 0.1) is 0 Å². The number of benzene rings is 1. The van der Waals surface area contributed by atoms with Gasteiger partial charge in [-0.15, -0.1) is 0 Å². The molecule has 0 heterocycles. The Morgan fingerprint density at radius 1 is 1.44 bits per heavy atom. The molecule has 18 heavy (non-hydrogen) atoms. The maximum atomic E-state index is 12.8. The zero-order valence-electron chi connectivity index (χ0n) is 9.38. The van der Waals surface area contributed by atoms with Crippen molar-refractivity contribution in [3.8, 4) is 0 Å². The quantitative estimate of drug-likeness (QED) is 0.513. The number of amides is 1. The Balaban J connectivity index is 3.40. The molecular formula is C11H10ClF3N2O. The van der Waals surface area contributed by atoms with Gasteiger partial charge in [0.1, 0.15) is 0 Å². The first-order chi connectivity index (χ1) is 8.16. The highest BCUT2D eigenvalue weighted by Crippen LogP contribution is 2.35. The van der Waals surface area contributed by atoms with Crippen molar-refractivity contribution in [2.45, 2.75) is 13.1 Å². The number of nitrogens with zero attached hydrogens (tertiary/aromatic N) is 1. The molecule has 0 aliphatic heterocycles. The molecule has 0 radical (unpaired) electrons. The molecule has 2 N–H and O–H groups in total. The normalized spacial score (nSPS) is 11.2. The third-order valence-corrected chi connectivity index (χ3v) is 2.48. The van der Waals surface area contributed by atoms with Gasteiger partial charge in [-0.2, -0.15) is 13.2 Å². The van der Waals surface area contributed by atoms with E-state index in [0.29, 0.717) is 5.01 Å². The Hall–Kier alpha value is -1.53. The van der Waals surface area contributed by atoms with Crippen LogP contribution in [0.25, 0.3) is 0 Å². The second kappa shape index (κ2) is 4.99. The van der Waals surface area contributed by atoms with E-state index in [2.05, 4.69) is 6.58 Å². The SMILES string of the molecule is C=C(C)N(N)C(=O)c1c(Cl)cccc1C(F)(F)F. The van der Waals surface area contributed by atoms with Crippen molar-refractivity contribution in [1.82, 2.24) is 5.01 Å². The summed E-state index contributed by atoms with van der Waals surface area (Å²) in [5, 5.41) is 0.211. The van der Waals surface area contributed by atoms with E-state index in [1.807, 2.05) is 0 Å². The molecule has 0 atom stereocenters. The van der Waals surface area contributed by atoms with Crippen LogP contribution in [0.1, 0.15) is 22.8 Å². The fourth-order valence-corrected chi connectivity index (χ4v) is 1.53. The average Bonchev–Trinajstić information content (AvgIpc) is 2.25. The fraction of sp³-hybridized carbons (Fsp3) is 0.182. The lowest BCUT2D eigenvalue weighted by Gasteiger charge is -2.20. The summed E-state index contributed by atoms with van der Waals surface area (Å²) in [6.45, 7) is 4.77. The number of rotatable bonds is 2. The third-order valence-electron chi connectivity index (χ3n) is 2.16. The van der Waals surface area contributed by atoms with Gasteiger partial charge in [-0.3, -0.25) is 4.79 Å². The number of alkyl halides is 3. The summed E-state index contributed by atoms with van der Waals surface area (Å²) in [5.74, 6) is 4.28. The van der Waals surface area contributed by atoms with Crippen LogP contribution < -0.4 is 5.84 Å². The molecule has 0 spiro atoms. The van der Waals surface area contributed by atoms with E-state index in [0.717, 1.165) is 12.1 Å². The van der Waals surface area contributed by atoms with Gasteiger partial charge in [0.15, 0.2) is 0 Å². The number of carbonyl (C=O) groups excluding carboxylic acids is 1. The zero-order valence-corrected chi connectivity index (χ0v) is 10.1. The topological polar surface area (TPSA) is 46.3 Å². The van der Waals surface area contributed by atoms with Gasteiger partial charge in [-0.05, 0) is 19.1 Å². The number of allylic oxidation sites excluding steroid dienone is 1. The molecule has 0 bridgehead atoms. The van der Waals surface area contributed by atoms with Crippen LogP contribution in [-0.4, -0.2) is 10.9 Å². The number of halogens is 4. The number of hydrazine groups is 1. The maximum absolute atomic E-state index is 12.8. The summed E-state index contributed by atoms with van der Waals surface area (Å²) >= 11 is 5.65. The van der Waals surface area contributed by atoms with Gasteiger partial charge in [0.2, 0.25) is 0 Å². The lowest BCUT2D eigenvalue weighted by Crippen LogP contribution is -2.36. The molecule has 1 amide bonds. The Morgan fingerprint density at radius 3 is 2.44 bits per heavy atom.